The first-order valence-corrected chi connectivity index (χ1v) is 4.44. The Morgan fingerprint density at radius 3 is 1.86 bits per heavy atom. The summed E-state index contributed by atoms with van der Waals surface area (Å²) < 4.78 is 0. The molecule has 0 spiro atoms. The SMILES string of the molecule is O=[C]c1ccc(-c2ccccc2)cc1. The summed E-state index contributed by atoms with van der Waals surface area (Å²) in [7, 11) is 0. The highest BCUT2D eigenvalue weighted by Gasteiger charge is 1.96. The second-order valence-corrected chi connectivity index (χ2v) is 3.05. The zero-order valence-corrected chi connectivity index (χ0v) is 7.60. The lowest BCUT2D eigenvalue weighted by atomic mass is 10.0. The van der Waals surface area contributed by atoms with Crippen LogP contribution in [0.5, 0.6) is 0 Å². The van der Waals surface area contributed by atoms with Crippen molar-refractivity contribution in [3.05, 3.63) is 60.2 Å². The van der Waals surface area contributed by atoms with Crippen molar-refractivity contribution < 1.29 is 4.79 Å². The highest BCUT2D eigenvalue weighted by Crippen LogP contribution is 2.18. The number of hydrogen-bond acceptors (Lipinski definition) is 1. The fraction of sp³-hybridized carbons (Fsp3) is 0. The fourth-order valence-electron chi connectivity index (χ4n) is 1.36. The summed E-state index contributed by atoms with van der Waals surface area (Å²) in [4.78, 5) is 10.3. The minimum absolute atomic E-state index is 0.588. The van der Waals surface area contributed by atoms with Crippen LogP contribution in [-0.4, -0.2) is 6.29 Å². The zero-order chi connectivity index (χ0) is 9.80. The second-order valence-electron chi connectivity index (χ2n) is 3.05. The summed E-state index contributed by atoms with van der Waals surface area (Å²) in [5, 5.41) is 0. The summed E-state index contributed by atoms with van der Waals surface area (Å²) >= 11 is 0. The number of hydrogen-bond donors (Lipinski definition) is 0. The van der Waals surface area contributed by atoms with E-state index in [9.17, 15) is 4.79 Å². The van der Waals surface area contributed by atoms with Gasteiger partial charge in [-0.05, 0) is 11.1 Å². The molecule has 0 aliphatic carbocycles. The molecular weight excluding hydrogens is 172 g/mol. The van der Waals surface area contributed by atoms with Crippen LogP contribution in [0.2, 0.25) is 0 Å². The second kappa shape index (κ2) is 3.88. The predicted octanol–water partition coefficient (Wildman–Crippen LogP) is 2.81. The molecule has 0 aliphatic heterocycles. The third-order valence-corrected chi connectivity index (χ3v) is 2.11. The van der Waals surface area contributed by atoms with Crippen LogP contribution in [-0.2, 0) is 4.79 Å². The van der Waals surface area contributed by atoms with Crippen molar-refractivity contribution in [2.45, 2.75) is 0 Å². The normalized spacial score (nSPS) is 9.71. The molecule has 0 bridgehead atoms. The lowest BCUT2D eigenvalue weighted by Gasteiger charge is -2.00. The average molecular weight is 181 g/mol. The van der Waals surface area contributed by atoms with Crippen molar-refractivity contribution in [2.24, 2.45) is 0 Å². The smallest absolute Gasteiger partial charge is 0.233 e. The van der Waals surface area contributed by atoms with Crippen LogP contribution < -0.4 is 0 Å². The van der Waals surface area contributed by atoms with Gasteiger partial charge in [0.25, 0.3) is 0 Å². The van der Waals surface area contributed by atoms with E-state index in [-0.39, 0.29) is 0 Å². The number of carbonyl (C=O) groups excluding carboxylic acids is 1. The topological polar surface area (TPSA) is 17.1 Å². The van der Waals surface area contributed by atoms with Crippen molar-refractivity contribution >= 4 is 6.29 Å². The molecule has 1 heteroatoms. The van der Waals surface area contributed by atoms with Crippen molar-refractivity contribution in [2.75, 3.05) is 0 Å². The molecule has 1 nitrogen and oxygen atoms in total. The van der Waals surface area contributed by atoms with Crippen LogP contribution in [0.4, 0.5) is 0 Å². The van der Waals surface area contributed by atoms with Gasteiger partial charge in [-0.3, -0.25) is 4.79 Å². The Hall–Kier alpha value is -1.89. The van der Waals surface area contributed by atoms with E-state index in [0.717, 1.165) is 11.1 Å². The van der Waals surface area contributed by atoms with E-state index in [0.29, 0.717) is 5.56 Å². The molecule has 0 fully saturated rings. The summed E-state index contributed by atoms with van der Waals surface area (Å²) in [6, 6.07) is 17.5. The van der Waals surface area contributed by atoms with E-state index in [2.05, 4.69) is 0 Å². The van der Waals surface area contributed by atoms with E-state index in [4.69, 9.17) is 0 Å². The summed E-state index contributed by atoms with van der Waals surface area (Å²) in [5.74, 6) is 0. The highest BCUT2D eigenvalue weighted by molar-refractivity contribution is 5.77. The maximum atomic E-state index is 10.3. The Kier molecular flexibility index (Phi) is 2.41. The molecule has 14 heavy (non-hydrogen) atoms. The van der Waals surface area contributed by atoms with Gasteiger partial charge in [0.15, 0.2) is 0 Å². The predicted molar refractivity (Wildman–Crippen MR) is 56.7 cm³/mol. The first kappa shape index (κ1) is 8.70. The van der Waals surface area contributed by atoms with Crippen molar-refractivity contribution in [1.82, 2.24) is 0 Å². The molecule has 0 aromatic heterocycles. The molecule has 0 amide bonds. The summed E-state index contributed by atoms with van der Waals surface area (Å²) in [6.45, 7) is 0. The van der Waals surface area contributed by atoms with Gasteiger partial charge in [0.05, 0.1) is 0 Å². The van der Waals surface area contributed by atoms with Crippen molar-refractivity contribution in [1.29, 1.82) is 0 Å². The monoisotopic (exact) mass is 181 g/mol. The van der Waals surface area contributed by atoms with Gasteiger partial charge in [-0.15, -0.1) is 0 Å². The van der Waals surface area contributed by atoms with Crippen LogP contribution in [0.15, 0.2) is 54.6 Å². The van der Waals surface area contributed by atoms with Crippen LogP contribution in [0.1, 0.15) is 5.56 Å². The van der Waals surface area contributed by atoms with Gasteiger partial charge in [0.2, 0.25) is 6.29 Å². The molecule has 0 saturated carbocycles. The molecule has 1 radical (unpaired) electrons. The molecule has 2 aromatic rings. The van der Waals surface area contributed by atoms with Gasteiger partial charge in [-0.2, -0.15) is 0 Å². The Morgan fingerprint density at radius 1 is 0.714 bits per heavy atom. The van der Waals surface area contributed by atoms with Crippen LogP contribution in [0.3, 0.4) is 0 Å². The molecule has 67 valence electrons. The first-order valence-electron chi connectivity index (χ1n) is 4.44. The van der Waals surface area contributed by atoms with Crippen molar-refractivity contribution in [3.8, 4) is 11.1 Å². The van der Waals surface area contributed by atoms with E-state index in [1.807, 2.05) is 48.8 Å². The third-order valence-electron chi connectivity index (χ3n) is 2.11. The maximum Gasteiger partial charge on any atom is 0.233 e. The molecule has 2 aromatic carbocycles. The molecule has 0 saturated heterocycles. The molecule has 2 rings (SSSR count). The van der Waals surface area contributed by atoms with Crippen molar-refractivity contribution in [3.63, 3.8) is 0 Å². The molecule has 0 aliphatic rings. The Bertz CT molecular complexity index is 415. The first-order chi connectivity index (χ1) is 6.90. The fourth-order valence-corrected chi connectivity index (χ4v) is 1.36. The minimum atomic E-state index is 0.588. The van der Waals surface area contributed by atoms with Gasteiger partial charge in [-0.1, -0.05) is 54.6 Å². The number of benzene rings is 2. The lowest BCUT2D eigenvalue weighted by molar-refractivity contribution is 0.563. The highest BCUT2D eigenvalue weighted by atomic mass is 16.1. The van der Waals surface area contributed by atoms with E-state index < -0.39 is 0 Å². The van der Waals surface area contributed by atoms with Gasteiger partial charge >= 0.3 is 0 Å². The molecule has 0 atom stereocenters. The Morgan fingerprint density at radius 2 is 1.29 bits per heavy atom. The lowest BCUT2D eigenvalue weighted by Crippen LogP contribution is -1.80. The third kappa shape index (κ3) is 1.72. The van der Waals surface area contributed by atoms with Gasteiger partial charge < -0.3 is 0 Å². The van der Waals surface area contributed by atoms with Crippen LogP contribution >= 0.6 is 0 Å². The summed E-state index contributed by atoms with van der Waals surface area (Å²) in [5.41, 5.74) is 2.86. The van der Waals surface area contributed by atoms with Gasteiger partial charge in [0.1, 0.15) is 0 Å². The molecule has 0 unspecified atom stereocenters. The minimum Gasteiger partial charge on any atom is -0.285 e. The van der Waals surface area contributed by atoms with Gasteiger partial charge in [-0.25, -0.2) is 0 Å². The van der Waals surface area contributed by atoms with E-state index in [1.54, 1.807) is 12.1 Å². The van der Waals surface area contributed by atoms with Crippen LogP contribution in [0, 0.1) is 0 Å². The largest absolute Gasteiger partial charge is 0.285 e. The maximum absolute atomic E-state index is 10.3. The molecular formula is C13H9O. The number of rotatable bonds is 2. The van der Waals surface area contributed by atoms with Crippen LogP contribution in [0.25, 0.3) is 11.1 Å². The molecule has 0 N–H and O–H groups in total. The van der Waals surface area contributed by atoms with E-state index >= 15 is 0 Å². The zero-order valence-electron chi connectivity index (χ0n) is 7.60. The Balaban J connectivity index is 2.39. The standard InChI is InChI=1S/C13H9O/c14-10-11-6-8-13(9-7-11)12-4-2-1-3-5-12/h1-9H. The molecule has 0 heterocycles. The summed E-state index contributed by atoms with van der Waals surface area (Å²) in [6.07, 6.45) is 1.86. The van der Waals surface area contributed by atoms with Gasteiger partial charge in [0, 0.05) is 5.56 Å². The quantitative estimate of drug-likeness (QED) is 0.696. The van der Waals surface area contributed by atoms with E-state index in [1.165, 1.54) is 0 Å². The Labute approximate surface area is 83.0 Å². The average Bonchev–Trinajstić information content (AvgIpc) is 2.30.